The van der Waals surface area contributed by atoms with Crippen LogP contribution < -0.4 is 0 Å². The number of hydrogen-bond donors (Lipinski definition) is 3. The van der Waals surface area contributed by atoms with Crippen molar-refractivity contribution < 1.29 is 15.3 Å². The molecule has 0 aliphatic heterocycles. The Morgan fingerprint density at radius 2 is 2.15 bits per heavy atom. The quantitative estimate of drug-likeness (QED) is 0.653. The van der Waals surface area contributed by atoms with Crippen molar-refractivity contribution >= 4 is 11.6 Å². The lowest BCUT2D eigenvalue weighted by Gasteiger charge is -2.14. The van der Waals surface area contributed by atoms with Crippen LogP contribution in [0.3, 0.4) is 0 Å². The standard InChI is InChI=1S/C8H10ClNO3/c9-5-1-2-10-6(3-5)8(13)7(12)4-11/h1-3,7-8,11-13H,4H2. The molecule has 0 amide bonds. The van der Waals surface area contributed by atoms with E-state index in [-0.39, 0.29) is 5.69 Å². The molecule has 0 bridgehead atoms. The molecule has 0 aliphatic rings. The molecule has 2 unspecified atom stereocenters. The van der Waals surface area contributed by atoms with Crippen LogP contribution in [0.25, 0.3) is 0 Å². The summed E-state index contributed by atoms with van der Waals surface area (Å²) in [6, 6.07) is 2.99. The predicted molar refractivity (Wildman–Crippen MR) is 47.3 cm³/mol. The van der Waals surface area contributed by atoms with E-state index in [4.69, 9.17) is 21.8 Å². The van der Waals surface area contributed by atoms with E-state index >= 15 is 0 Å². The number of nitrogens with zero attached hydrogens (tertiary/aromatic N) is 1. The Morgan fingerprint density at radius 1 is 1.46 bits per heavy atom. The van der Waals surface area contributed by atoms with Crippen LogP contribution in [0.4, 0.5) is 0 Å². The van der Waals surface area contributed by atoms with Crippen LogP contribution in [0.15, 0.2) is 18.3 Å². The molecule has 1 rings (SSSR count). The van der Waals surface area contributed by atoms with Crippen molar-refractivity contribution in [3.05, 3.63) is 29.0 Å². The SMILES string of the molecule is OCC(O)C(O)c1cc(Cl)ccn1. The Hall–Kier alpha value is -0.680. The molecular formula is C8H10ClNO3. The maximum Gasteiger partial charge on any atom is 0.124 e. The van der Waals surface area contributed by atoms with Gasteiger partial charge in [0.25, 0.3) is 0 Å². The summed E-state index contributed by atoms with van der Waals surface area (Å²) >= 11 is 5.64. The van der Waals surface area contributed by atoms with Crippen molar-refractivity contribution in [2.24, 2.45) is 0 Å². The smallest absolute Gasteiger partial charge is 0.124 e. The Labute approximate surface area is 80.4 Å². The van der Waals surface area contributed by atoms with Gasteiger partial charge in [-0.1, -0.05) is 11.6 Å². The number of aromatic nitrogens is 1. The zero-order chi connectivity index (χ0) is 9.84. The Balaban J connectivity index is 2.82. The first-order valence-corrected chi connectivity index (χ1v) is 4.11. The Morgan fingerprint density at radius 3 is 2.69 bits per heavy atom. The fraction of sp³-hybridized carbons (Fsp3) is 0.375. The van der Waals surface area contributed by atoms with E-state index in [1.165, 1.54) is 12.3 Å². The predicted octanol–water partition coefficient (Wildman–Crippen LogP) is 0.122. The number of rotatable bonds is 3. The maximum atomic E-state index is 9.38. The fourth-order valence-corrected chi connectivity index (χ4v) is 1.05. The van der Waals surface area contributed by atoms with Crippen molar-refractivity contribution in [1.29, 1.82) is 0 Å². The van der Waals surface area contributed by atoms with Crippen molar-refractivity contribution in [2.75, 3.05) is 6.61 Å². The number of pyridine rings is 1. The molecule has 0 saturated carbocycles. The molecule has 1 aromatic rings. The molecule has 0 radical (unpaired) electrons. The summed E-state index contributed by atoms with van der Waals surface area (Å²) in [5, 5.41) is 27.5. The third-order valence-electron chi connectivity index (χ3n) is 1.60. The fourth-order valence-electron chi connectivity index (χ4n) is 0.880. The molecule has 1 heterocycles. The van der Waals surface area contributed by atoms with Crippen LogP contribution >= 0.6 is 11.6 Å². The van der Waals surface area contributed by atoms with Gasteiger partial charge in [-0.2, -0.15) is 0 Å². The minimum absolute atomic E-state index is 0.244. The van der Waals surface area contributed by atoms with Gasteiger partial charge in [0.05, 0.1) is 12.3 Å². The highest BCUT2D eigenvalue weighted by atomic mass is 35.5. The number of aliphatic hydroxyl groups is 3. The summed E-state index contributed by atoms with van der Waals surface area (Å²) in [6.07, 6.45) is -1.01. The minimum Gasteiger partial charge on any atom is -0.394 e. The summed E-state index contributed by atoms with van der Waals surface area (Å²) < 4.78 is 0. The maximum absolute atomic E-state index is 9.38. The molecule has 0 saturated heterocycles. The first-order chi connectivity index (χ1) is 6.15. The number of hydrogen-bond acceptors (Lipinski definition) is 4. The van der Waals surface area contributed by atoms with Gasteiger partial charge in [0.2, 0.25) is 0 Å². The van der Waals surface area contributed by atoms with E-state index in [0.29, 0.717) is 5.02 Å². The van der Waals surface area contributed by atoms with Crippen LogP contribution in [0, 0.1) is 0 Å². The summed E-state index contributed by atoms with van der Waals surface area (Å²) in [6.45, 7) is -0.518. The van der Waals surface area contributed by atoms with Gasteiger partial charge < -0.3 is 15.3 Å². The molecule has 0 spiro atoms. The second-order valence-electron chi connectivity index (χ2n) is 2.59. The minimum atomic E-state index is -1.23. The first-order valence-electron chi connectivity index (χ1n) is 3.73. The van der Waals surface area contributed by atoms with Gasteiger partial charge in [0.1, 0.15) is 12.2 Å². The van der Waals surface area contributed by atoms with Crippen LogP contribution in [0.5, 0.6) is 0 Å². The van der Waals surface area contributed by atoms with Gasteiger partial charge in [-0.25, -0.2) is 0 Å². The summed E-state index contributed by atoms with van der Waals surface area (Å²) in [5.41, 5.74) is 0.244. The third kappa shape index (κ3) is 2.63. The van der Waals surface area contributed by atoms with Crippen LogP contribution in [-0.4, -0.2) is 33.0 Å². The Kier molecular flexibility index (Phi) is 3.62. The van der Waals surface area contributed by atoms with Crippen molar-refractivity contribution in [3.63, 3.8) is 0 Å². The topological polar surface area (TPSA) is 73.6 Å². The van der Waals surface area contributed by atoms with Crippen molar-refractivity contribution in [2.45, 2.75) is 12.2 Å². The highest BCUT2D eigenvalue weighted by Gasteiger charge is 2.18. The molecule has 4 nitrogen and oxygen atoms in total. The van der Waals surface area contributed by atoms with Crippen LogP contribution in [-0.2, 0) is 0 Å². The van der Waals surface area contributed by atoms with Gasteiger partial charge in [-0.3, -0.25) is 4.98 Å². The molecule has 72 valence electrons. The normalized spacial score (nSPS) is 15.4. The second kappa shape index (κ2) is 4.53. The van der Waals surface area contributed by atoms with E-state index in [0.717, 1.165) is 0 Å². The van der Waals surface area contributed by atoms with Crippen LogP contribution in [0.2, 0.25) is 5.02 Å². The molecule has 0 aliphatic carbocycles. The lowest BCUT2D eigenvalue weighted by Crippen LogP contribution is -2.22. The highest BCUT2D eigenvalue weighted by Crippen LogP contribution is 2.17. The monoisotopic (exact) mass is 203 g/mol. The number of aliphatic hydroxyl groups excluding tert-OH is 3. The van der Waals surface area contributed by atoms with Crippen molar-refractivity contribution in [3.8, 4) is 0 Å². The third-order valence-corrected chi connectivity index (χ3v) is 1.83. The van der Waals surface area contributed by atoms with Gasteiger partial charge in [-0.05, 0) is 12.1 Å². The molecule has 5 heteroatoms. The zero-order valence-electron chi connectivity index (χ0n) is 6.76. The molecule has 13 heavy (non-hydrogen) atoms. The second-order valence-corrected chi connectivity index (χ2v) is 3.03. The average molecular weight is 204 g/mol. The molecule has 2 atom stereocenters. The molecule has 0 aromatic carbocycles. The number of halogens is 1. The van der Waals surface area contributed by atoms with Gasteiger partial charge in [-0.15, -0.1) is 0 Å². The average Bonchev–Trinajstić information content (AvgIpc) is 2.15. The Bertz CT molecular complexity index is 282. The van der Waals surface area contributed by atoms with Crippen LogP contribution in [0.1, 0.15) is 11.8 Å². The zero-order valence-corrected chi connectivity index (χ0v) is 7.52. The summed E-state index contributed by atoms with van der Waals surface area (Å²) in [4.78, 5) is 3.80. The van der Waals surface area contributed by atoms with Crippen molar-refractivity contribution in [1.82, 2.24) is 4.98 Å². The lowest BCUT2D eigenvalue weighted by atomic mass is 10.1. The summed E-state index contributed by atoms with van der Waals surface area (Å²) in [5.74, 6) is 0. The molecule has 1 aromatic heterocycles. The molecule has 0 fully saturated rings. The first kappa shape index (κ1) is 10.4. The van der Waals surface area contributed by atoms with Gasteiger partial charge in [0, 0.05) is 11.2 Å². The molecular weight excluding hydrogens is 194 g/mol. The van der Waals surface area contributed by atoms with E-state index < -0.39 is 18.8 Å². The van der Waals surface area contributed by atoms with E-state index in [1.807, 2.05) is 0 Å². The van der Waals surface area contributed by atoms with Gasteiger partial charge in [0.15, 0.2) is 0 Å². The van der Waals surface area contributed by atoms with E-state index in [1.54, 1.807) is 6.07 Å². The largest absolute Gasteiger partial charge is 0.394 e. The summed E-state index contributed by atoms with van der Waals surface area (Å²) in [7, 11) is 0. The highest BCUT2D eigenvalue weighted by molar-refractivity contribution is 6.30. The molecule has 3 N–H and O–H groups in total. The lowest BCUT2D eigenvalue weighted by molar-refractivity contribution is -0.0172. The van der Waals surface area contributed by atoms with E-state index in [9.17, 15) is 5.11 Å². The van der Waals surface area contributed by atoms with Gasteiger partial charge >= 0.3 is 0 Å². The van der Waals surface area contributed by atoms with E-state index in [2.05, 4.69) is 4.98 Å².